The number of likely N-dealkylation sites (N-methyl/N-ethyl adjacent to an activating group) is 1. The highest BCUT2D eigenvalue weighted by Gasteiger charge is 2.17. The molecule has 0 heterocycles. The Labute approximate surface area is 127 Å². The summed E-state index contributed by atoms with van der Waals surface area (Å²) in [5.74, 6) is 0.283. The minimum atomic E-state index is -3.81. The Morgan fingerprint density at radius 1 is 1.32 bits per heavy atom. The summed E-state index contributed by atoms with van der Waals surface area (Å²) in [6, 6.07) is 4.76. The number of benzene rings is 1. The van der Waals surface area contributed by atoms with Crippen LogP contribution in [0.1, 0.15) is 13.8 Å². The molecule has 0 aliphatic carbocycles. The number of ether oxygens (including phenoxy) is 1. The molecule has 0 saturated carbocycles. The standard InChI is InChI=1S/C12H17BrClNO3S/c1-3-15(4-2)7-8-18-11-6-5-10(13)9-12(11)19(14,16)17/h5-6,9H,3-4,7-8H2,1-2H3. The Hall–Kier alpha value is -0.300. The molecule has 108 valence electrons. The molecule has 0 bridgehead atoms. The molecule has 0 aromatic heterocycles. The van der Waals surface area contributed by atoms with Crippen molar-refractivity contribution in [1.82, 2.24) is 4.90 Å². The van der Waals surface area contributed by atoms with Crippen molar-refractivity contribution in [2.24, 2.45) is 0 Å². The van der Waals surface area contributed by atoms with E-state index in [0.717, 1.165) is 19.6 Å². The molecular formula is C12H17BrClNO3S. The highest BCUT2D eigenvalue weighted by atomic mass is 79.9. The summed E-state index contributed by atoms with van der Waals surface area (Å²) < 4.78 is 29.1. The maximum absolute atomic E-state index is 11.5. The number of hydrogen-bond acceptors (Lipinski definition) is 4. The molecule has 4 nitrogen and oxygen atoms in total. The van der Waals surface area contributed by atoms with Crippen LogP contribution in [0.15, 0.2) is 27.6 Å². The molecule has 1 aromatic carbocycles. The Bertz CT molecular complexity index is 518. The zero-order valence-corrected chi connectivity index (χ0v) is 14.1. The van der Waals surface area contributed by atoms with Crippen LogP contribution in [0.5, 0.6) is 5.75 Å². The molecule has 19 heavy (non-hydrogen) atoms. The second-order valence-corrected chi connectivity index (χ2v) is 7.35. The highest BCUT2D eigenvalue weighted by molar-refractivity contribution is 9.10. The van der Waals surface area contributed by atoms with Gasteiger partial charge in [0.2, 0.25) is 0 Å². The van der Waals surface area contributed by atoms with E-state index >= 15 is 0 Å². The van der Waals surface area contributed by atoms with Crippen molar-refractivity contribution in [3.63, 3.8) is 0 Å². The number of halogens is 2. The van der Waals surface area contributed by atoms with Gasteiger partial charge in [-0.25, -0.2) is 8.42 Å². The van der Waals surface area contributed by atoms with Gasteiger partial charge in [-0.3, -0.25) is 0 Å². The highest BCUT2D eigenvalue weighted by Crippen LogP contribution is 2.29. The van der Waals surface area contributed by atoms with Crippen LogP contribution in [0.3, 0.4) is 0 Å². The van der Waals surface area contributed by atoms with Gasteiger partial charge in [-0.15, -0.1) is 0 Å². The van der Waals surface area contributed by atoms with Crippen LogP contribution in [0.4, 0.5) is 0 Å². The lowest BCUT2D eigenvalue weighted by atomic mass is 10.3. The first-order valence-corrected chi connectivity index (χ1v) is 9.08. The predicted octanol–water partition coefficient (Wildman–Crippen LogP) is 3.10. The maximum Gasteiger partial charge on any atom is 0.265 e. The third-order valence-corrected chi connectivity index (χ3v) is 4.56. The summed E-state index contributed by atoms with van der Waals surface area (Å²) in [5.41, 5.74) is 0. The van der Waals surface area contributed by atoms with Crippen molar-refractivity contribution in [1.29, 1.82) is 0 Å². The second-order valence-electron chi connectivity index (χ2n) is 3.90. The Morgan fingerprint density at radius 2 is 1.95 bits per heavy atom. The first-order chi connectivity index (χ1) is 8.88. The molecule has 1 rings (SSSR count). The lowest BCUT2D eigenvalue weighted by Crippen LogP contribution is -2.28. The SMILES string of the molecule is CCN(CC)CCOc1ccc(Br)cc1S(=O)(=O)Cl. The largest absolute Gasteiger partial charge is 0.491 e. The number of rotatable bonds is 7. The average Bonchev–Trinajstić information content (AvgIpc) is 2.35. The summed E-state index contributed by atoms with van der Waals surface area (Å²) in [6.07, 6.45) is 0. The van der Waals surface area contributed by atoms with Gasteiger partial charge in [0.25, 0.3) is 9.05 Å². The minimum Gasteiger partial charge on any atom is -0.491 e. The van der Waals surface area contributed by atoms with Crippen LogP contribution in [-0.4, -0.2) is 39.6 Å². The zero-order chi connectivity index (χ0) is 14.5. The number of hydrogen-bond donors (Lipinski definition) is 0. The summed E-state index contributed by atoms with van der Waals surface area (Å²) in [6.45, 7) is 7.16. The summed E-state index contributed by atoms with van der Waals surface area (Å²) in [5, 5.41) is 0. The topological polar surface area (TPSA) is 46.6 Å². The maximum atomic E-state index is 11.5. The van der Waals surface area contributed by atoms with Crippen molar-refractivity contribution < 1.29 is 13.2 Å². The first kappa shape index (κ1) is 16.8. The molecule has 0 N–H and O–H groups in total. The third-order valence-electron chi connectivity index (χ3n) is 2.73. The normalized spacial score (nSPS) is 11.8. The van der Waals surface area contributed by atoms with E-state index in [0.29, 0.717) is 11.1 Å². The van der Waals surface area contributed by atoms with E-state index in [1.165, 1.54) is 6.07 Å². The van der Waals surface area contributed by atoms with Crippen molar-refractivity contribution in [2.75, 3.05) is 26.2 Å². The van der Waals surface area contributed by atoms with Crippen LogP contribution >= 0.6 is 26.6 Å². The van der Waals surface area contributed by atoms with Gasteiger partial charge in [0.15, 0.2) is 0 Å². The van der Waals surface area contributed by atoms with Crippen LogP contribution in [0.2, 0.25) is 0 Å². The van der Waals surface area contributed by atoms with E-state index in [1.807, 2.05) is 0 Å². The Kier molecular flexibility index (Phi) is 6.59. The lowest BCUT2D eigenvalue weighted by molar-refractivity contribution is 0.219. The third kappa shape index (κ3) is 5.30. The van der Waals surface area contributed by atoms with Gasteiger partial charge in [-0.05, 0) is 31.3 Å². The minimum absolute atomic E-state index is 0.0110. The zero-order valence-electron chi connectivity index (χ0n) is 10.9. The summed E-state index contributed by atoms with van der Waals surface area (Å²) in [7, 11) is 1.58. The number of nitrogens with zero attached hydrogens (tertiary/aromatic N) is 1. The van der Waals surface area contributed by atoms with Crippen molar-refractivity contribution in [3.05, 3.63) is 22.7 Å². The average molecular weight is 371 g/mol. The quantitative estimate of drug-likeness (QED) is 0.692. The van der Waals surface area contributed by atoms with Crippen molar-refractivity contribution in [2.45, 2.75) is 18.7 Å². The van der Waals surface area contributed by atoms with E-state index in [-0.39, 0.29) is 10.6 Å². The Morgan fingerprint density at radius 3 is 2.47 bits per heavy atom. The molecule has 0 amide bonds. The summed E-state index contributed by atoms with van der Waals surface area (Å²) in [4.78, 5) is 2.18. The van der Waals surface area contributed by atoms with E-state index < -0.39 is 9.05 Å². The van der Waals surface area contributed by atoms with Gasteiger partial charge in [0.05, 0.1) is 0 Å². The fourth-order valence-corrected chi connectivity index (χ4v) is 3.13. The van der Waals surface area contributed by atoms with Gasteiger partial charge in [0, 0.05) is 21.7 Å². The van der Waals surface area contributed by atoms with E-state index in [2.05, 4.69) is 34.7 Å². The Balaban J connectivity index is 2.79. The fourth-order valence-electron chi connectivity index (χ4n) is 1.62. The molecular weight excluding hydrogens is 354 g/mol. The van der Waals surface area contributed by atoms with Gasteiger partial charge >= 0.3 is 0 Å². The van der Waals surface area contributed by atoms with Gasteiger partial charge in [0.1, 0.15) is 17.3 Å². The van der Waals surface area contributed by atoms with Gasteiger partial charge in [-0.2, -0.15) is 0 Å². The molecule has 0 fully saturated rings. The monoisotopic (exact) mass is 369 g/mol. The van der Waals surface area contributed by atoms with E-state index in [4.69, 9.17) is 15.4 Å². The van der Waals surface area contributed by atoms with Gasteiger partial charge in [-0.1, -0.05) is 29.8 Å². The molecule has 7 heteroatoms. The van der Waals surface area contributed by atoms with Gasteiger partial charge < -0.3 is 9.64 Å². The van der Waals surface area contributed by atoms with Crippen LogP contribution in [0, 0.1) is 0 Å². The van der Waals surface area contributed by atoms with Crippen molar-refractivity contribution >= 4 is 35.7 Å². The summed E-state index contributed by atoms with van der Waals surface area (Å²) >= 11 is 3.22. The van der Waals surface area contributed by atoms with Crippen molar-refractivity contribution in [3.8, 4) is 5.75 Å². The lowest BCUT2D eigenvalue weighted by Gasteiger charge is -2.18. The predicted molar refractivity (Wildman–Crippen MR) is 80.5 cm³/mol. The van der Waals surface area contributed by atoms with Crippen LogP contribution in [0.25, 0.3) is 0 Å². The van der Waals surface area contributed by atoms with E-state index in [9.17, 15) is 8.42 Å². The van der Waals surface area contributed by atoms with E-state index in [1.54, 1.807) is 12.1 Å². The fraction of sp³-hybridized carbons (Fsp3) is 0.500. The molecule has 0 spiro atoms. The smallest absolute Gasteiger partial charge is 0.265 e. The first-order valence-electron chi connectivity index (χ1n) is 5.97. The molecule has 0 saturated heterocycles. The molecule has 1 aromatic rings. The molecule has 0 radical (unpaired) electrons. The van der Waals surface area contributed by atoms with Crippen LogP contribution < -0.4 is 4.74 Å². The molecule has 0 aliphatic rings. The molecule has 0 aliphatic heterocycles. The van der Waals surface area contributed by atoms with Crippen LogP contribution in [-0.2, 0) is 9.05 Å². The second kappa shape index (κ2) is 7.47. The molecule has 0 atom stereocenters. The molecule has 0 unspecified atom stereocenters.